The highest BCUT2D eigenvalue weighted by atomic mass is 32.2. The minimum Gasteiger partial charge on any atom is -0.282 e. The van der Waals surface area contributed by atoms with E-state index in [9.17, 15) is 13.8 Å². The fourth-order valence-corrected chi connectivity index (χ4v) is 2.65. The zero-order valence-corrected chi connectivity index (χ0v) is 12.5. The van der Waals surface area contributed by atoms with Gasteiger partial charge in [0.25, 0.3) is 11.8 Å². The van der Waals surface area contributed by atoms with Gasteiger partial charge in [0.15, 0.2) is 0 Å². The van der Waals surface area contributed by atoms with Crippen LogP contribution in [0.15, 0.2) is 60.7 Å². The molecule has 23 heavy (non-hydrogen) atoms. The highest BCUT2D eigenvalue weighted by Gasteiger charge is 2.41. The summed E-state index contributed by atoms with van der Waals surface area (Å²) in [6.07, 6.45) is 0. The van der Waals surface area contributed by atoms with Gasteiger partial charge in [0.1, 0.15) is 0 Å². The van der Waals surface area contributed by atoms with Crippen LogP contribution in [0.25, 0.3) is 11.1 Å². The Kier molecular flexibility index (Phi) is 4.16. The summed E-state index contributed by atoms with van der Waals surface area (Å²) in [7, 11) is 0. The van der Waals surface area contributed by atoms with Crippen LogP contribution in [0.5, 0.6) is 0 Å². The first-order valence-electron chi connectivity index (χ1n) is 6.63. The zero-order valence-electron chi connectivity index (χ0n) is 11.7. The predicted molar refractivity (Wildman–Crippen MR) is 83.4 cm³/mol. The molecule has 1 unspecified atom stereocenters. The standard InChI is InChI=1S/C16H11NO5S/c18-15-13(11-7-3-1-4-8-11)14(12-9-5-2-6-10-12)16(19)17(15)22-23(20)21/h1-10H,(H,20,21). The summed E-state index contributed by atoms with van der Waals surface area (Å²) in [5.74, 6) is -1.55. The first-order chi connectivity index (χ1) is 11.1. The molecule has 116 valence electrons. The molecule has 7 heteroatoms. The summed E-state index contributed by atoms with van der Waals surface area (Å²) in [6, 6.07) is 17.2. The Hall–Kier alpha value is -2.61. The van der Waals surface area contributed by atoms with Crippen LogP contribution in [0.1, 0.15) is 11.1 Å². The van der Waals surface area contributed by atoms with Crippen molar-refractivity contribution in [1.29, 1.82) is 0 Å². The van der Waals surface area contributed by atoms with E-state index in [4.69, 9.17) is 4.55 Å². The molecule has 6 nitrogen and oxygen atoms in total. The molecule has 1 heterocycles. The van der Waals surface area contributed by atoms with Crippen molar-refractivity contribution in [2.75, 3.05) is 0 Å². The number of carbonyl (C=O) groups is 2. The van der Waals surface area contributed by atoms with Crippen LogP contribution in [0, 0.1) is 0 Å². The molecule has 0 saturated carbocycles. The van der Waals surface area contributed by atoms with Crippen molar-refractivity contribution >= 4 is 34.3 Å². The van der Waals surface area contributed by atoms with Gasteiger partial charge in [-0.3, -0.25) is 14.1 Å². The van der Waals surface area contributed by atoms with Gasteiger partial charge in [-0.2, -0.15) is 4.21 Å². The van der Waals surface area contributed by atoms with E-state index in [0.717, 1.165) is 0 Å². The van der Waals surface area contributed by atoms with Gasteiger partial charge >= 0.3 is 11.4 Å². The van der Waals surface area contributed by atoms with Crippen LogP contribution in [0.2, 0.25) is 0 Å². The second kappa shape index (κ2) is 6.25. The molecule has 1 N–H and O–H groups in total. The molecule has 0 fully saturated rings. The fraction of sp³-hybridized carbons (Fsp3) is 0. The van der Waals surface area contributed by atoms with Gasteiger partial charge in [0.2, 0.25) is 0 Å². The van der Waals surface area contributed by atoms with Gasteiger partial charge in [-0.05, 0) is 11.1 Å². The molecule has 0 aliphatic carbocycles. The van der Waals surface area contributed by atoms with Gasteiger partial charge in [-0.25, -0.2) is 0 Å². The lowest BCUT2D eigenvalue weighted by Gasteiger charge is -2.10. The number of carbonyl (C=O) groups excluding carboxylic acids is 2. The molecule has 2 aromatic rings. The summed E-state index contributed by atoms with van der Waals surface area (Å²) < 4.78 is 24.2. The summed E-state index contributed by atoms with van der Waals surface area (Å²) >= 11 is -2.78. The SMILES string of the molecule is O=C1C(c2ccccc2)=C(c2ccccc2)C(=O)N1OS(=O)O. The van der Waals surface area contributed by atoms with Gasteiger partial charge in [-0.15, -0.1) is 9.35 Å². The Morgan fingerprint density at radius 1 is 0.783 bits per heavy atom. The normalized spacial score (nSPS) is 16.1. The number of hydrogen-bond acceptors (Lipinski definition) is 4. The molecule has 0 bridgehead atoms. The maximum absolute atomic E-state index is 12.5. The molecule has 0 spiro atoms. The van der Waals surface area contributed by atoms with Crippen molar-refractivity contribution in [3.63, 3.8) is 0 Å². The molecular formula is C16H11NO5S. The quantitative estimate of drug-likeness (QED) is 0.685. The minimum atomic E-state index is -2.78. The van der Waals surface area contributed by atoms with Crippen LogP contribution in [0.3, 0.4) is 0 Å². The van der Waals surface area contributed by atoms with Gasteiger partial charge in [0, 0.05) is 0 Å². The first kappa shape index (κ1) is 15.3. The fourth-order valence-electron chi connectivity index (χ4n) is 2.39. The topological polar surface area (TPSA) is 83.9 Å². The Balaban J connectivity index is 2.18. The highest BCUT2D eigenvalue weighted by Crippen LogP contribution is 2.35. The number of hydrogen-bond donors (Lipinski definition) is 1. The number of benzene rings is 2. The van der Waals surface area contributed by atoms with Crippen LogP contribution in [-0.2, 0) is 25.2 Å². The van der Waals surface area contributed by atoms with Crippen LogP contribution in [-0.4, -0.2) is 25.6 Å². The summed E-state index contributed by atoms with van der Waals surface area (Å²) in [5, 5.41) is 0.320. The summed E-state index contributed by atoms with van der Waals surface area (Å²) in [4.78, 5) is 25.0. The van der Waals surface area contributed by atoms with Crippen molar-refractivity contribution < 1.29 is 22.6 Å². The van der Waals surface area contributed by atoms with Gasteiger partial charge in [0.05, 0.1) is 11.1 Å². The van der Waals surface area contributed by atoms with Crippen LogP contribution in [0.4, 0.5) is 0 Å². The lowest BCUT2D eigenvalue weighted by atomic mass is 9.96. The van der Waals surface area contributed by atoms with Crippen molar-refractivity contribution in [3.8, 4) is 0 Å². The number of rotatable bonds is 4. The lowest BCUT2D eigenvalue weighted by Crippen LogP contribution is -2.32. The van der Waals surface area contributed by atoms with E-state index < -0.39 is 23.2 Å². The molecule has 2 aromatic carbocycles. The Bertz CT molecular complexity index is 755. The third-order valence-corrected chi connectivity index (χ3v) is 3.59. The van der Waals surface area contributed by atoms with Gasteiger partial charge < -0.3 is 0 Å². The molecule has 0 saturated heterocycles. The molecule has 1 aliphatic rings. The van der Waals surface area contributed by atoms with E-state index in [2.05, 4.69) is 4.28 Å². The second-order valence-corrected chi connectivity index (χ2v) is 5.26. The maximum atomic E-state index is 12.5. The van der Waals surface area contributed by atoms with Crippen molar-refractivity contribution in [1.82, 2.24) is 5.06 Å². The summed E-state index contributed by atoms with van der Waals surface area (Å²) in [6.45, 7) is 0. The molecule has 3 rings (SSSR count). The zero-order chi connectivity index (χ0) is 16.4. The third-order valence-electron chi connectivity index (χ3n) is 3.31. The lowest BCUT2D eigenvalue weighted by molar-refractivity contribution is -0.161. The molecular weight excluding hydrogens is 318 g/mol. The molecule has 0 aromatic heterocycles. The van der Waals surface area contributed by atoms with Crippen molar-refractivity contribution in [3.05, 3.63) is 71.8 Å². The van der Waals surface area contributed by atoms with Crippen molar-refractivity contribution in [2.24, 2.45) is 0 Å². The number of amides is 2. The first-order valence-corrected chi connectivity index (χ1v) is 7.66. The van der Waals surface area contributed by atoms with E-state index >= 15 is 0 Å². The minimum absolute atomic E-state index is 0.132. The molecule has 1 aliphatic heterocycles. The number of nitrogens with zero attached hydrogens (tertiary/aromatic N) is 1. The Morgan fingerprint density at radius 3 is 1.52 bits per heavy atom. The molecule has 1 atom stereocenters. The smallest absolute Gasteiger partial charge is 0.282 e. The predicted octanol–water partition coefficient (Wildman–Crippen LogP) is 2.03. The Labute approximate surface area is 134 Å². The van der Waals surface area contributed by atoms with Crippen LogP contribution < -0.4 is 0 Å². The van der Waals surface area contributed by atoms with Crippen molar-refractivity contribution in [2.45, 2.75) is 0 Å². The van der Waals surface area contributed by atoms with E-state index in [0.29, 0.717) is 16.2 Å². The highest BCUT2D eigenvalue weighted by molar-refractivity contribution is 7.74. The maximum Gasteiger partial charge on any atom is 0.325 e. The number of imide groups is 1. The van der Waals surface area contributed by atoms with E-state index in [-0.39, 0.29) is 11.1 Å². The third kappa shape index (κ3) is 2.85. The van der Waals surface area contributed by atoms with E-state index in [1.165, 1.54) is 0 Å². The molecule has 2 amide bonds. The van der Waals surface area contributed by atoms with Crippen LogP contribution >= 0.6 is 0 Å². The largest absolute Gasteiger partial charge is 0.325 e. The van der Waals surface area contributed by atoms with Gasteiger partial charge in [-0.1, -0.05) is 60.7 Å². The summed E-state index contributed by atoms with van der Waals surface area (Å²) in [5.41, 5.74) is 1.32. The molecule has 0 radical (unpaired) electrons. The monoisotopic (exact) mass is 329 g/mol. The average molecular weight is 329 g/mol. The second-order valence-electron chi connectivity index (χ2n) is 4.68. The average Bonchev–Trinajstić information content (AvgIpc) is 2.80. The van der Waals surface area contributed by atoms with E-state index in [1.807, 2.05) is 0 Å². The Morgan fingerprint density at radius 2 is 1.17 bits per heavy atom. The van der Waals surface area contributed by atoms with E-state index in [1.54, 1.807) is 60.7 Å². The number of hydroxylamine groups is 2.